The molecule has 1 aromatic heterocycles. The zero-order valence-corrected chi connectivity index (χ0v) is 9.80. The van der Waals surface area contributed by atoms with Gasteiger partial charge in [-0.3, -0.25) is 4.98 Å². The van der Waals surface area contributed by atoms with E-state index in [2.05, 4.69) is 59.6 Å². The van der Waals surface area contributed by atoms with Crippen molar-refractivity contribution >= 4 is 32.4 Å². The van der Waals surface area contributed by atoms with Crippen LogP contribution in [0.3, 0.4) is 0 Å². The van der Waals surface area contributed by atoms with Crippen molar-refractivity contribution in [2.45, 2.75) is 0 Å². The molecule has 0 fully saturated rings. The standard InChI is InChI=1S/C17H11N/c1-2-5-13-9-16-11-17-14(6-3-7-18-17)10-15(16)8-12(13)4-1/h1-11H. The second-order valence-corrected chi connectivity index (χ2v) is 4.59. The van der Waals surface area contributed by atoms with Crippen molar-refractivity contribution in [2.24, 2.45) is 0 Å². The number of hydrogen-bond donors (Lipinski definition) is 0. The minimum atomic E-state index is 1.06. The molecule has 0 aliphatic rings. The number of hydrogen-bond acceptors (Lipinski definition) is 1. The maximum Gasteiger partial charge on any atom is 0.0708 e. The van der Waals surface area contributed by atoms with Gasteiger partial charge in [0, 0.05) is 11.6 Å². The lowest BCUT2D eigenvalue weighted by Gasteiger charge is -2.04. The van der Waals surface area contributed by atoms with Crippen LogP contribution < -0.4 is 0 Å². The fraction of sp³-hybridized carbons (Fsp3) is 0. The first-order chi connectivity index (χ1) is 8.90. The maximum absolute atomic E-state index is 4.41. The molecule has 1 heteroatoms. The number of rotatable bonds is 0. The molecule has 0 aliphatic heterocycles. The van der Waals surface area contributed by atoms with Crippen LogP contribution in [0.1, 0.15) is 0 Å². The molecule has 0 spiro atoms. The summed E-state index contributed by atoms with van der Waals surface area (Å²) in [5.41, 5.74) is 1.06. The predicted octanol–water partition coefficient (Wildman–Crippen LogP) is 4.54. The number of nitrogens with zero attached hydrogens (tertiary/aromatic N) is 1. The summed E-state index contributed by atoms with van der Waals surface area (Å²) in [7, 11) is 0. The lowest BCUT2D eigenvalue weighted by Crippen LogP contribution is -1.80. The highest BCUT2D eigenvalue weighted by molar-refractivity contribution is 6.03. The molecule has 0 saturated heterocycles. The van der Waals surface area contributed by atoms with Crippen molar-refractivity contribution in [3.05, 3.63) is 66.9 Å². The lowest BCUT2D eigenvalue weighted by molar-refractivity contribution is 1.42. The second-order valence-electron chi connectivity index (χ2n) is 4.59. The highest BCUT2D eigenvalue weighted by Crippen LogP contribution is 2.26. The lowest BCUT2D eigenvalue weighted by atomic mass is 10.0. The highest BCUT2D eigenvalue weighted by atomic mass is 14.6. The molecule has 0 aliphatic carbocycles. The van der Waals surface area contributed by atoms with E-state index in [4.69, 9.17) is 0 Å². The van der Waals surface area contributed by atoms with E-state index in [0.717, 1.165) is 5.52 Å². The molecule has 84 valence electrons. The summed E-state index contributed by atoms with van der Waals surface area (Å²) >= 11 is 0. The van der Waals surface area contributed by atoms with Crippen molar-refractivity contribution in [1.29, 1.82) is 0 Å². The molecule has 0 bridgehead atoms. The smallest absolute Gasteiger partial charge is 0.0708 e. The van der Waals surface area contributed by atoms with Gasteiger partial charge in [-0.15, -0.1) is 0 Å². The third-order valence-corrected chi connectivity index (χ3v) is 3.43. The van der Waals surface area contributed by atoms with Gasteiger partial charge in [-0.25, -0.2) is 0 Å². The van der Waals surface area contributed by atoms with Gasteiger partial charge in [-0.1, -0.05) is 30.3 Å². The Morgan fingerprint density at radius 3 is 1.94 bits per heavy atom. The van der Waals surface area contributed by atoms with Gasteiger partial charge in [0.25, 0.3) is 0 Å². The first kappa shape index (κ1) is 9.60. The summed E-state index contributed by atoms with van der Waals surface area (Å²) in [5, 5.41) is 6.28. The van der Waals surface area contributed by atoms with Crippen LogP contribution >= 0.6 is 0 Å². The minimum absolute atomic E-state index is 1.06. The summed E-state index contributed by atoms with van der Waals surface area (Å²) in [6.07, 6.45) is 1.84. The van der Waals surface area contributed by atoms with Crippen molar-refractivity contribution in [3.8, 4) is 0 Å². The van der Waals surface area contributed by atoms with E-state index in [1.807, 2.05) is 12.3 Å². The molecule has 18 heavy (non-hydrogen) atoms. The van der Waals surface area contributed by atoms with Gasteiger partial charge in [0.2, 0.25) is 0 Å². The molecule has 0 atom stereocenters. The van der Waals surface area contributed by atoms with Gasteiger partial charge >= 0.3 is 0 Å². The van der Waals surface area contributed by atoms with Crippen LogP contribution in [-0.4, -0.2) is 4.98 Å². The summed E-state index contributed by atoms with van der Waals surface area (Å²) in [5.74, 6) is 0. The third-order valence-electron chi connectivity index (χ3n) is 3.43. The monoisotopic (exact) mass is 229 g/mol. The molecule has 4 aromatic rings. The highest BCUT2D eigenvalue weighted by Gasteiger charge is 2.00. The fourth-order valence-corrected chi connectivity index (χ4v) is 2.51. The average Bonchev–Trinajstić information content (AvgIpc) is 2.42. The van der Waals surface area contributed by atoms with E-state index in [9.17, 15) is 0 Å². The van der Waals surface area contributed by atoms with E-state index in [0.29, 0.717) is 0 Å². The second kappa shape index (κ2) is 3.54. The Balaban J connectivity index is 2.20. The number of fused-ring (bicyclic) bond motifs is 3. The van der Waals surface area contributed by atoms with E-state index >= 15 is 0 Å². The first-order valence-corrected chi connectivity index (χ1v) is 6.07. The van der Waals surface area contributed by atoms with Crippen LogP contribution in [-0.2, 0) is 0 Å². The third kappa shape index (κ3) is 1.37. The Labute approximate surface area is 105 Å². The zero-order chi connectivity index (χ0) is 11.9. The fourth-order valence-electron chi connectivity index (χ4n) is 2.51. The van der Waals surface area contributed by atoms with Gasteiger partial charge in [0.1, 0.15) is 0 Å². The number of pyridine rings is 1. The van der Waals surface area contributed by atoms with Gasteiger partial charge < -0.3 is 0 Å². The summed E-state index contributed by atoms with van der Waals surface area (Å²) in [4.78, 5) is 4.41. The van der Waals surface area contributed by atoms with Crippen LogP contribution in [0.15, 0.2) is 66.9 Å². The Kier molecular flexibility index (Phi) is 1.89. The van der Waals surface area contributed by atoms with Crippen LogP contribution in [0.25, 0.3) is 32.4 Å². The van der Waals surface area contributed by atoms with Crippen molar-refractivity contribution in [2.75, 3.05) is 0 Å². The van der Waals surface area contributed by atoms with Crippen LogP contribution in [0.4, 0.5) is 0 Å². The molecule has 3 aromatic carbocycles. The summed E-state index contributed by atoms with van der Waals surface area (Å²) in [6.45, 7) is 0. The molecule has 0 amide bonds. The quantitative estimate of drug-likeness (QED) is 0.403. The van der Waals surface area contributed by atoms with Gasteiger partial charge in [0.15, 0.2) is 0 Å². The molecule has 1 nitrogen and oxygen atoms in total. The molecule has 0 N–H and O–H groups in total. The van der Waals surface area contributed by atoms with Crippen LogP contribution in [0.5, 0.6) is 0 Å². The molecular weight excluding hydrogens is 218 g/mol. The summed E-state index contributed by atoms with van der Waals surface area (Å²) < 4.78 is 0. The molecule has 0 saturated carbocycles. The normalized spacial score (nSPS) is 11.3. The first-order valence-electron chi connectivity index (χ1n) is 6.07. The maximum atomic E-state index is 4.41. The van der Waals surface area contributed by atoms with Crippen LogP contribution in [0.2, 0.25) is 0 Å². The van der Waals surface area contributed by atoms with Gasteiger partial charge in [-0.2, -0.15) is 0 Å². The van der Waals surface area contributed by atoms with Crippen molar-refractivity contribution in [3.63, 3.8) is 0 Å². The molecule has 4 rings (SSSR count). The van der Waals surface area contributed by atoms with E-state index in [1.165, 1.54) is 26.9 Å². The largest absolute Gasteiger partial charge is 0.256 e. The number of aromatic nitrogens is 1. The van der Waals surface area contributed by atoms with Gasteiger partial charge in [0.05, 0.1) is 5.52 Å². The zero-order valence-electron chi connectivity index (χ0n) is 9.80. The molecule has 1 heterocycles. The molecule has 0 radical (unpaired) electrons. The summed E-state index contributed by atoms with van der Waals surface area (Å²) in [6, 6.07) is 21.4. The van der Waals surface area contributed by atoms with E-state index in [1.54, 1.807) is 0 Å². The molecule has 0 unspecified atom stereocenters. The van der Waals surface area contributed by atoms with E-state index in [-0.39, 0.29) is 0 Å². The molecular formula is C17H11N. The van der Waals surface area contributed by atoms with Crippen molar-refractivity contribution < 1.29 is 0 Å². The SMILES string of the molecule is c1ccc2cc3cc4ncccc4cc3cc2c1. The van der Waals surface area contributed by atoms with E-state index < -0.39 is 0 Å². The Morgan fingerprint density at radius 1 is 0.556 bits per heavy atom. The Bertz CT molecular complexity index is 734. The number of benzene rings is 3. The topological polar surface area (TPSA) is 12.9 Å². The minimum Gasteiger partial charge on any atom is -0.256 e. The Hall–Kier alpha value is -2.41. The van der Waals surface area contributed by atoms with Crippen LogP contribution in [0, 0.1) is 0 Å². The average molecular weight is 229 g/mol. The van der Waals surface area contributed by atoms with Gasteiger partial charge in [-0.05, 0) is 51.9 Å². The predicted molar refractivity (Wildman–Crippen MR) is 76.8 cm³/mol. The van der Waals surface area contributed by atoms with Crippen molar-refractivity contribution in [1.82, 2.24) is 4.98 Å². The Morgan fingerprint density at radius 2 is 1.17 bits per heavy atom.